The number of benzene rings is 1. The van der Waals surface area contributed by atoms with E-state index < -0.39 is 5.95 Å². The molecule has 3 aromatic rings. The molecule has 1 aliphatic heterocycles. The highest BCUT2D eigenvalue weighted by molar-refractivity contribution is 7.15. The number of thiazole rings is 1. The van der Waals surface area contributed by atoms with Crippen molar-refractivity contribution in [3.05, 3.63) is 41.2 Å². The third-order valence-corrected chi connectivity index (χ3v) is 5.71. The second-order valence-corrected chi connectivity index (χ2v) is 8.09. The molecule has 1 aliphatic rings. The Balaban J connectivity index is 1.46. The van der Waals surface area contributed by atoms with Crippen molar-refractivity contribution in [2.24, 2.45) is 0 Å². The topological polar surface area (TPSA) is 80.2 Å². The maximum absolute atomic E-state index is 14.1. The zero-order chi connectivity index (χ0) is 20.5. The summed E-state index contributed by atoms with van der Waals surface area (Å²) >= 11 is 1.12. The van der Waals surface area contributed by atoms with Gasteiger partial charge in [0, 0.05) is 32.5 Å². The summed E-state index contributed by atoms with van der Waals surface area (Å²) in [5, 5.41) is 3.28. The van der Waals surface area contributed by atoms with Gasteiger partial charge in [0.15, 0.2) is 5.13 Å². The van der Waals surface area contributed by atoms with Crippen LogP contribution >= 0.6 is 11.3 Å². The first-order valence-corrected chi connectivity index (χ1v) is 9.94. The van der Waals surface area contributed by atoms with Crippen LogP contribution in [0.15, 0.2) is 24.5 Å². The van der Waals surface area contributed by atoms with Gasteiger partial charge in [0.05, 0.1) is 15.8 Å². The lowest BCUT2D eigenvalue weighted by atomic mass is 10.2. The number of nitrogens with zero attached hydrogens (tertiary/aromatic N) is 4. The molecule has 3 heterocycles. The molecule has 1 aromatic carbocycles. The van der Waals surface area contributed by atoms with E-state index in [2.05, 4.69) is 25.2 Å². The first kappa shape index (κ1) is 19.6. The normalized spacial score (nSPS) is 19.6. The third-order valence-electron chi connectivity index (χ3n) is 4.78. The molecular formula is C19H19F2N5O2S. The quantitative estimate of drug-likeness (QED) is 0.683. The van der Waals surface area contributed by atoms with Crippen LogP contribution in [-0.4, -0.2) is 44.4 Å². The van der Waals surface area contributed by atoms with Crippen LogP contribution in [0.3, 0.4) is 0 Å². The number of halogens is 2. The molecule has 152 valence electrons. The fourth-order valence-corrected chi connectivity index (χ4v) is 4.34. The SMILES string of the molecule is CC(=O)Nc1nc(F)c(CN2CC(Oc3ncnc4ccc(F)cc34)CC2C)s1. The number of anilines is 1. The van der Waals surface area contributed by atoms with Gasteiger partial charge in [0.1, 0.15) is 18.2 Å². The lowest BCUT2D eigenvalue weighted by Gasteiger charge is -2.19. The standard InChI is InChI=1S/C19H19F2N5O2S/c1-10-5-13(28-18-14-6-12(20)3-4-15(14)22-9-23-18)7-26(10)8-16-17(21)25-19(29-16)24-11(2)27/h3-4,6,9-10,13H,5,7-8H2,1-2H3,(H,24,25,27). The van der Waals surface area contributed by atoms with Crippen LogP contribution in [0.2, 0.25) is 0 Å². The number of aromatic nitrogens is 3. The van der Waals surface area contributed by atoms with Gasteiger partial charge in [-0.2, -0.15) is 9.37 Å². The van der Waals surface area contributed by atoms with Gasteiger partial charge in [0.25, 0.3) is 0 Å². The second-order valence-electron chi connectivity index (χ2n) is 7.01. The number of rotatable bonds is 5. The van der Waals surface area contributed by atoms with E-state index in [1.54, 1.807) is 6.07 Å². The summed E-state index contributed by atoms with van der Waals surface area (Å²) in [6, 6.07) is 4.44. The number of carbonyl (C=O) groups excluding carboxylic acids is 1. The summed E-state index contributed by atoms with van der Waals surface area (Å²) in [7, 11) is 0. The lowest BCUT2D eigenvalue weighted by molar-refractivity contribution is -0.114. The van der Waals surface area contributed by atoms with Gasteiger partial charge >= 0.3 is 0 Å². The average molecular weight is 419 g/mol. The minimum absolute atomic E-state index is 0.149. The fraction of sp³-hybridized carbons (Fsp3) is 0.368. The number of hydrogen-bond donors (Lipinski definition) is 1. The highest BCUT2D eigenvalue weighted by Crippen LogP contribution is 2.30. The van der Waals surface area contributed by atoms with Gasteiger partial charge in [-0.1, -0.05) is 11.3 Å². The first-order chi connectivity index (χ1) is 13.9. The minimum Gasteiger partial charge on any atom is -0.472 e. The first-order valence-electron chi connectivity index (χ1n) is 9.13. The second kappa shape index (κ2) is 7.96. The summed E-state index contributed by atoms with van der Waals surface area (Å²) in [6.07, 6.45) is 1.94. The molecule has 0 radical (unpaired) electrons. The van der Waals surface area contributed by atoms with Crippen LogP contribution in [0.1, 0.15) is 25.1 Å². The van der Waals surface area contributed by atoms with Gasteiger partial charge in [-0.15, -0.1) is 0 Å². The number of ether oxygens (including phenoxy) is 1. The van der Waals surface area contributed by atoms with E-state index >= 15 is 0 Å². The highest BCUT2D eigenvalue weighted by atomic mass is 32.1. The molecule has 0 saturated carbocycles. The molecule has 1 amide bonds. The molecule has 1 saturated heterocycles. The van der Waals surface area contributed by atoms with E-state index in [0.29, 0.717) is 34.7 Å². The van der Waals surface area contributed by atoms with Crippen molar-refractivity contribution in [2.45, 2.75) is 39.0 Å². The van der Waals surface area contributed by atoms with Crippen LogP contribution in [0.25, 0.3) is 10.9 Å². The van der Waals surface area contributed by atoms with E-state index in [4.69, 9.17) is 4.74 Å². The summed E-state index contributed by atoms with van der Waals surface area (Å²) in [5.74, 6) is -0.908. The van der Waals surface area contributed by atoms with Crippen molar-refractivity contribution in [2.75, 3.05) is 11.9 Å². The zero-order valence-corrected chi connectivity index (χ0v) is 16.7. The molecule has 10 heteroatoms. The largest absolute Gasteiger partial charge is 0.472 e. The maximum atomic E-state index is 14.1. The molecule has 2 unspecified atom stereocenters. The number of fused-ring (bicyclic) bond motifs is 1. The molecule has 1 fully saturated rings. The lowest BCUT2D eigenvalue weighted by Crippen LogP contribution is -2.28. The minimum atomic E-state index is -0.576. The number of carbonyl (C=O) groups is 1. The molecule has 7 nitrogen and oxygen atoms in total. The predicted octanol–water partition coefficient (Wildman–Crippen LogP) is 3.36. The Morgan fingerprint density at radius 3 is 3.00 bits per heavy atom. The van der Waals surface area contributed by atoms with E-state index in [1.807, 2.05) is 6.92 Å². The van der Waals surface area contributed by atoms with Crippen LogP contribution in [-0.2, 0) is 11.3 Å². The van der Waals surface area contributed by atoms with Crippen LogP contribution in [0.4, 0.5) is 13.9 Å². The number of hydrogen-bond acceptors (Lipinski definition) is 7. The Morgan fingerprint density at radius 1 is 1.38 bits per heavy atom. The fourth-order valence-electron chi connectivity index (χ4n) is 3.43. The molecule has 0 bridgehead atoms. The monoisotopic (exact) mass is 419 g/mol. The van der Waals surface area contributed by atoms with Crippen molar-refractivity contribution in [1.82, 2.24) is 19.9 Å². The predicted molar refractivity (Wildman–Crippen MR) is 105 cm³/mol. The molecule has 0 aliphatic carbocycles. The van der Waals surface area contributed by atoms with E-state index in [9.17, 15) is 13.6 Å². The smallest absolute Gasteiger partial charge is 0.230 e. The van der Waals surface area contributed by atoms with Crippen molar-refractivity contribution in [1.29, 1.82) is 0 Å². The summed E-state index contributed by atoms with van der Waals surface area (Å²) in [5.41, 5.74) is 0.608. The number of likely N-dealkylation sites (tertiary alicyclic amines) is 1. The highest BCUT2D eigenvalue weighted by Gasteiger charge is 2.32. The van der Waals surface area contributed by atoms with E-state index in [0.717, 1.165) is 17.8 Å². The zero-order valence-electron chi connectivity index (χ0n) is 15.9. The van der Waals surface area contributed by atoms with Crippen molar-refractivity contribution in [3.63, 3.8) is 0 Å². The number of nitrogens with one attached hydrogen (secondary N) is 1. The Kier molecular flexibility index (Phi) is 5.37. The molecule has 2 aromatic heterocycles. The van der Waals surface area contributed by atoms with Gasteiger partial charge < -0.3 is 10.1 Å². The van der Waals surface area contributed by atoms with Crippen LogP contribution in [0.5, 0.6) is 5.88 Å². The molecule has 29 heavy (non-hydrogen) atoms. The summed E-state index contributed by atoms with van der Waals surface area (Å²) in [4.78, 5) is 25.7. The van der Waals surface area contributed by atoms with Crippen molar-refractivity contribution in [3.8, 4) is 5.88 Å². The molecule has 4 rings (SSSR count). The van der Waals surface area contributed by atoms with Gasteiger partial charge in [0.2, 0.25) is 17.7 Å². The Labute approximate surface area is 169 Å². The maximum Gasteiger partial charge on any atom is 0.230 e. The van der Waals surface area contributed by atoms with Gasteiger partial charge in [-0.05, 0) is 25.1 Å². The summed E-state index contributed by atoms with van der Waals surface area (Å²) in [6.45, 7) is 4.32. The Morgan fingerprint density at radius 2 is 2.21 bits per heavy atom. The Hall–Kier alpha value is -2.72. The molecule has 1 N–H and O–H groups in total. The van der Waals surface area contributed by atoms with E-state index in [1.165, 1.54) is 25.4 Å². The van der Waals surface area contributed by atoms with Crippen LogP contribution in [0, 0.1) is 11.8 Å². The average Bonchev–Trinajstić information content (AvgIpc) is 3.17. The van der Waals surface area contributed by atoms with Crippen molar-refractivity contribution < 1.29 is 18.3 Å². The van der Waals surface area contributed by atoms with Crippen molar-refractivity contribution >= 4 is 33.3 Å². The van der Waals surface area contributed by atoms with E-state index in [-0.39, 0.29) is 29.0 Å². The van der Waals surface area contributed by atoms with Gasteiger partial charge in [-0.3, -0.25) is 9.69 Å². The Bertz CT molecular complexity index is 1060. The van der Waals surface area contributed by atoms with Crippen LogP contribution < -0.4 is 10.1 Å². The van der Waals surface area contributed by atoms with Gasteiger partial charge in [-0.25, -0.2) is 14.4 Å². The number of amides is 1. The molecular weight excluding hydrogens is 400 g/mol. The molecule has 0 spiro atoms. The summed E-state index contributed by atoms with van der Waals surface area (Å²) < 4.78 is 33.8. The molecule has 2 atom stereocenters. The third kappa shape index (κ3) is 4.33.